The molecule has 0 atom stereocenters. The van der Waals surface area contributed by atoms with Crippen molar-refractivity contribution in [2.75, 3.05) is 11.9 Å². The van der Waals surface area contributed by atoms with Gasteiger partial charge in [0, 0.05) is 23.3 Å². The number of carbonyl (C=O) groups excluding carboxylic acids is 1. The zero-order valence-corrected chi connectivity index (χ0v) is 11.9. The van der Waals surface area contributed by atoms with Gasteiger partial charge in [-0.25, -0.2) is 4.98 Å². The van der Waals surface area contributed by atoms with Crippen LogP contribution in [0.5, 0.6) is 0 Å². The lowest BCUT2D eigenvalue weighted by molar-refractivity contribution is 0.0911. The third kappa shape index (κ3) is 4.02. The SMILES string of the molecule is CCNc1cc(C(=O)NC(C)(C)CC)cc(C)n1. The summed E-state index contributed by atoms with van der Waals surface area (Å²) >= 11 is 0. The molecule has 0 aromatic carbocycles. The molecule has 1 heterocycles. The van der Waals surface area contributed by atoms with Gasteiger partial charge < -0.3 is 10.6 Å². The average Bonchev–Trinajstić information content (AvgIpc) is 2.28. The van der Waals surface area contributed by atoms with E-state index in [-0.39, 0.29) is 11.4 Å². The van der Waals surface area contributed by atoms with Crippen molar-refractivity contribution < 1.29 is 4.79 Å². The lowest BCUT2D eigenvalue weighted by Crippen LogP contribution is -2.42. The van der Waals surface area contributed by atoms with E-state index in [1.165, 1.54) is 0 Å². The molecule has 1 aromatic heterocycles. The molecule has 0 saturated carbocycles. The first-order chi connectivity index (χ1) is 8.38. The molecule has 1 amide bonds. The van der Waals surface area contributed by atoms with Crippen LogP contribution in [0.1, 0.15) is 50.2 Å². The lowest BCUT2D eigenvalue weighted by atomic mass is 10.0. The normalized spacial score (nSPS) is 11.2. The summed E-state index contributed by atoms with van der Waals surface area (Å²) < 4.78 is 0. The fourth-order valence-electron chi connectivity index (χ4n) is 1.54. The lowest BCUT2D eigenvalue weighted by Gasteiger charge is -2.24. The van der Waals surface area contributed by atoms with Gasteiger partial charge in [0.1, 0.15) is 5.82 Å². The van der Waals surface area contributed by atoms with Crippen LogP contribution in [0.3, 0.4) is 0 Å². The molecule has 0 aliphatic carbocycles. The summed E-state index contributed by atoms with van der Waals surface area (Å²) in [6.45, 7) is 10.8. The Kier molecular flexibility index (Phi) is 4.70. The molecule has 100 valence electrons. The maximum atomic E-state index is 12.2. The predicted molar refractivity (Wildman–Crippen MR) is 75.0 cm³/mol. The van der Waals surface area contributed by atoms with Crippen LogP contribution in [-0.2, 0) is 0 Å². The van der Waals surface area contributed by atoms with E-state index in [1.54, 1.807) is 6.07 Å². The molecule has 0 fully saturated rings. The predicted octanol–water partition coefficient (Wildman–Crippen LogP) is 2.74. The number of aromatic nitrogens is 1. The zero-order valence-electron chi connectivity index (χ0n) is 11.9. The minimum atomic E-state index is -0.188. The molecule has 2 N–H and O–H groups in total. The topological polar surface area (TPSA) is 54.0 Å². The summed E-state index contributed by atoms with van der Waals surface area (Å²) in [5.74, 6) is 0.698. The van der Waals surface area contributed by atoms with Gasteiger partial charge in [-0.15, -0.1) is 0 Å². The van der Waals surface area contributed by atoms with E-state index in [9.17, 15) is 4.79 Å². The molecular weight excluding hydrogens is 226 g/mol. The van der Waals surface area contributed by atoms with Crippen molar-refractivity contribution in [2.45, 2.75) is 46.6 Å². The Morgan fingerprint density at radius 1 is 1.33 bits per heavy atom. The third-order valence-electron chi connectivity index (χ3n) is 2.91. The Morgan fingerprint density at radius 3 is 2.56 bits per heavy atom. The van der Waals surface area contributed by atoms with Gasteiger partial charge in [-0.2, -0.15) is 0 Å². The van der Waals surface area contributed by atoms with Crippen LogP contribution in [0.4, 0.5) is 5.82 Å². The first-order valence-corrected chi connectivity index (χ1v) is 6.43. The van der Waals surface area contributed by atoms with Crippen LogP contribution in [0.15, 0.2) is 12.1 Å². The van der Waals surface area contributed by atoms with Gasteiger partial charge >= 0.3 is 0 Å². The number of carbonyl (C=O) groups is 1. The van der Waals surface area contributed by atoms with Gasteiger partial charge in [0.15, 0.2) is 0 Å². The van der Waals surface area contributed by atoms with Crippen LogP contribution in [0, 0.1) is 6.92 Å². The molecule has 0 bridgehead atoms. The van der Waals surface area contributed by atoms with E-state index in [2.05, 4.69) is 22.5 Å². The molecule has 1 rings (SSSR count). The second-order valence-electron chi connectivity index (χ2n) is 5.10. The quantitative estimate of drug-likeness (QED) is 0.843. The summed E-state index contributed by atoms with van der Waals surface area (Å²) in [4.78, 5) is 16.5. The molecule has 4 nitrogen and oxygen atoms in total. The van der Waals surface area contributed by atoms with Crippen LogP contribution in [0.2, 0.25) is 0 Å². The number of hydrogen-bond donors (Lipinski definition) is 2. The van der Waals surface area contributed by atoms with E-state index in [4.69, 9.17) is 0 Å². The molecule has 0 aliphatic rings. The summed E-state index contributed by atoms with van der Waals surface area (Å²) in [6, 6.07) is 3.60. The van der Waals surface area contributed by atoms with E-state index in [0.29, 0.717) is 5.56 Å². The molecule has 0 unspecified atom stereocenters. The smallest absolute Gasteiger partial charge is 0.251 e. The average molecular weight is 249 g/mol. The number of amides is 1. The van der Waals surface area contributed by atoms with E-state index in [1.807, 2.05) is 33.8 Å². The monoisotopic (exact) mass is 249 g/mol. The largest absolute Gasteiger partial charge is 0.370 e. The molecule has 0 radical (unpaired) electrons. The van der Waals surface area contributed by atoms with Gasteiger partial charge in [-0.05, 0) is 46.2 Å². The number of anilines is 1. The van der Waals surface area contributed by atoms with Crippen LogP contribution >= 0.6 is 0 Å². The highest BCUT2D eigenvalue weighted by Crippen LogP contribution is 2.13. The molecule has 0 spiro atoms. The fraction of sp³-hybridized carbons (Fsp3) is 0.571. The second-order valence-corrected chi connectivity index (χ2v) is 5.10. The Bertz CT molecular complexity index is 427. The fourth-order valence-corrected chi connectivity index (χ4v) is 1.54. The first kappa shape index (κ1) is 14.5. The molecule has 0 aliphatic heterocycles. The highest BCUT2D eigenvalue weighted by atomic mass is 16.1. The van der Waals surface area contributed by atoms with Crippen molar-refractivity contribution >= 4 is 11.7 Å². The number of aryl methyl sites for hydroxylation is 1. The molecule has 4 heteroatoms. The molecule has 1 aromatic rings. The van der Waals surface area contributed by atoms with Crippen LogP contribution < -0.4 is 10.6 Å². The minimum Gasteiger partial charge on any atom is -0.370 e. The molecule has 18 heavy (non-hydrogen) atoms. The maximum Gasteiger partial charge on any atom is 0.251 e. The van der Waals surface area contributed by atoms with Gasteiger partial charge in [0.2, 0.25) is 0 Å². The summed E-state index contributed by atoms with van der Waals surface area (Å²) in [5.41, 5.74) is 1.31. The Morgan fingerprint density at radius 2 is 2.00 bits per heavy atom. The zero-order chi connectivity index (χ0) is 13.8. The van der Waals surface area contributed by atoms with E-state index < -0.39 is 0 Å². The summed E-state index contributed by atoms with van der Waals surface area (Å²) in [5, 5.41) is 6.15. The first-order valence-electron chi connectivity index (χ1n) is 6.43. The Hall–Kier alpha value is -1.58. The van der Waals surface area contributed by atoms with Crippen molar-refractivity contribution in [3.05, 3.63) is 23.4 Å². The minimum absolute atomic E-state index is 0.0495. The molecule has 0 saturated heterocycles. The number of hydrogen-bond acceptors (Lipinski definition) is 3. The highest BCUT2D eigenvalue weighted by molar-refractivity contribution is 5.95. The second kappa shape index (κ2) is 5.85. The van der Waals surface area contributed by atoms with Crippen LogP contribution in [0.25, 0.3) is 0 Å². The van der Waals surface area contributed by atoms with Gasteiger partial charge in [0.25, 0.3) is 5.91 Å². The number of rotatable bonds is 5. The van der Waals surface area contributed by atoms with Gasteiger partial charge in [-0.1, -0.05) is 6.92 Å². The highest BCUT2D eigenvalue weighted by Gasteiger charge is 2.19. The maximum absolute atomic E-state index is 12.2. The summed E-state index contributed by atoms with van der Waals surface area (Å²) in [7, 11) is 0. The molecular formula is C14H23N3O. The van der Waals surface area contributed by atoms with Gasteiger partial charge in [0.05, 0.1) is 0 Å². The number of nitrogens with zero attached hydrogens (tertiary/aromatic N) is 1. The Labute approximate surface area is 109 Å². The van der Waals surface area contributed by atoms with Crippen molar-refractivity contribution in [1.82, 2.24) is 10.3 Å². The van der Waals surface area contributed by atoms with Gasteiger partial charge in [-0.3, -0.25) is 4.79 Å². The van der Waals surface area contributed by atoms with Crippen molar-refractivity contribution in [2.24, 2.45) is 0 Å². The van der Waals surface area contributed by atoms with Crippen molar-refractivity contribution in [1.29, 1.82) is 0 Å². The standard InChI is InChI=1S/C14H23N3O/c1-6-14(4,5)17-13(18)11-8-10(3)16-12(9-11)15-7-2/h8-9H,6-7H2,1-5H3,(H,15,16)(H,17,18). The van der Waals surface area contributed by atoms with E-state index >= 15 is 0 Å². The van der Waals surface area contributed by atoms with Crippen LogP contribution in [-0.4, -0.2) is 23.0 Å². The Balaban J connectivity index is 2.92. The summed E-state index contributed by atoms with van der Waals surface area (Å²) in [6.07, 6.45) is 0.892. The number of nitrogens with one attached hydrogen (secondary N) is 2. The van der Waals surface area contributed by atoms with Crippen molar-refractivity contribution in [3.8, 4) is 0 Å². The third-order valence-corrected chi connectivity index (χ3v) is 2.91. The number of pyridine rings is 1. The van der Waals surface area contributed by atoms with E-state index in [0.717, 1.165) is 24.5 Å². The van der Waals surface area contributed by atoms with Crippen molar-refractivity contribution in [3.63, 3.8) is 0 Å².